The summed E-state index contributed by atoms with van der Waals surface area (Å²) in [6, 6.07) is 0. The predicted molar refractivity (Wildman–Crippen MR) is 62.1 cm³/mol. The molecule has 2 aliphatic heterocycles. The van der Waals surface area contributed by atoms with Crippen LogP contribution in [0.15, 0.2) is 0 Å². The van der Waals surface area contributed by atoms with Crippen molar-refractivity contribution in [2.45, 2.75) is 44.1 Å². The van der Waals surface area contributed by atoms with Crippen molar-refractivity contribution < 1.29 is 9.53 Å². The molecule has 0 radical (unpaired) electrons. The van der Waals surface area contributed by atoms with E-state index in [2.05, 4.69) is 12.6 Å². The smallest absolute Gasteiger partial charge is 0.235 e. The fraction of sp³-hybridized carbons (Fsp3) is 0.909. The fourth-order valence-electron chi connectivity index (χ4n) is 2.27. The first-order chi connectivity index (χ1) is 7.08. The fourth-order valence-corrected chi connectivity index (χ4v) is 2.43. The second-order valence-corrected chi connectivity index (χ2v) is 5.45. The largest absolute Gasteiger partial charge is 0.371 e. The molecule has 4 heteroatoms. The Morgan fingerprint density at radius 2 is 1.87 bits per heavy atom. The summed E-state index contributed by atoms with van der Waals surface area (Å²) < 4.78 is 5.70. The van der Waals surface area contributed by atoms with Gasteiger partial charge in [-0.25, -0.2) is 0 Å². The maximum Gasteiger partial charge on any atom is 0.235 e. The Bertz CT molecular complexity index is 245. The summed E-state index contributed by atoms with van der Waals surface area (Å²) in [7, 11) is 0. The van der Waals surface area contributed by atoms with Crippen LogP contribution in [0.3, 0.4) is 0 Å². The number of likely N-dealkylation sites (tertiary alicyclic amines) is 1. The van der Waals surface area contributed by atoms with E-state index >= 15 is 0 Å². The number of carbonyl (C=O) groups is 1. The molecule has 0 aromatic carbocycles. The number of morpholine rings is 1. The normalized spacial score (nSPS) is 32.1. The SMILES string of the molecule is CC(C)C(S)C(=O)N1CC2CCC(C1)O2. The van der Waals surface area contributed by atoms with Gasteiger partial charge in [0, 0.05) is 13.1 Å². The third-order valence-electron chi connectivity index (χ3n) is 3.24. The molecule has 3 nitrogen and oxygen atoms in total. The zero-order valence-corrected chi connectivity index (χ0v) is 10.2. The Balaban J connectivity index is 1.96. The molecule has 86 valence electrons. The van der Waals surface area contributed by atoms with Crippen LogP contribution in [0.4, 0.5) is 0 Å². The van der Waals surface area contributed by atoms with Crippen molar-refractivity contribution in [1.29, 1.82) is 0 Å². The summed E-state index contributed by atoms with van der Waals surface area (Å²) in [6.07, 6.45) is 2.77. The quantitative estimate of drug-likeness (QED) is 0.724. The summed E-state index contributed by atoms with van der Waals surface area (Å²) in [5, 5.41) is -0.164. The molecule has 1 amide bonds. The van der Waals surface area contributed by atoms with Crippen LogP contribution in [0.25, 0.3) is 0 Å². The zero-order chi connectivity index (χ0) is 11.0. The topological polar surface area (TPSA) is 29.5 Å². The molecule has 0 N–H and O–H groups in total. The molecule has 3 unspecified atom stereocenters. The van der Waals surface area contributed by atoms with Crippen LogP contribution >= 0.6 is 12.6 Å². The number of amides is 1. The molecular weight excluding hydrogens is 210 g/mol. The van der Waals surface area contributed by atoms with Gasteiger partial charge in [0.25, 0.3) is 0 Å². The molecule has 2 aliphatic rings. The molecule has 3 atom stereocenters. The van der Waals surface area contributed by atoms with Gasteiger partial charge < -0.3 is 9.64 Å². The number of nitrogens with zero attached hydrogens (tertiary/aromatic N) is 1. The minimum atomic E-state index is -0.164. The van der Waals surface area contributed by atoms with Gasteiger partial charge in [0.15, 0.2) is 0 Å². The van der Waals surface area contributed by atoms with Crippen molar-refractivity contribution in [2.75, 3.05) is 13.1 Å². The van der Waals surface area contributed by atoms with E-state index in [1.807, 2.05) is 18.7 Å². The van der Waals surface area contributed by atoms with Crippen LogP contribution in [0.1, 0.15) is 26.7 Å². The van der Waals surface area contributed by atoms with E-state index in [0.29, 0.717) is 5.92 Å². The van der Waals surface area contributed by atoms with Gasteiger partial charge in [0.2, 0.25) is 5.91 Å². The lowest BCUT2D eigenvalue weighted by Gasteiger charge is -2.34. The predicted octanol–water partition coefficient (Wildman–Crippen LogP) is 1.33. The van der Waals surface area contributed by atoms with E-state index in [1.54, 1.807) is 0 Å². The van der Waals surface area contributed by atoms with Crippen molar-refractivity contribution in [2.24, 2.45) is 5.92 Å². The van der Waals surface area contributed by atoms with Crippen molar-refractivity contribution >= 4 is 18.5 Å². The molecule has 0 spiro atoms. The molecule has 0 aromatic rings. The van der Waals surface area contributed by atoms with E-state index in [-0.39, 0.29) is 23.4 Å². The first kappa shape index (κ1) is 11.3. The van der Waals surface area contributed by atoms with Gasteiger partial charge in [-0.1, -0.05) is 13.8 Å². The van der Waals surface area contributed by atoms with Crippen molar-refractivity contribution in [3.63, 3.8) is 0 Å². The average molecular weight is 229 g/mol. The van der Waals surface area contributed by atoms with Gasteiger partial charge in [0.1, 0.15) is 0 Å². The maximum absolute atomic E-state index is 12.1. The van der Waals surface area contributed by atoms with Gasteiger partial charge in [0.05, 0.1) is 17.5 Å². The van der Waals surface area contributed by atoms with E-state index in [1.165, 1.54) is 0 Å². The van der Waals surface area contributed by atoms with E-state index < -0.39 is 0 Å². The van der Waals surface area contributed by atoms with Crippen molar-refractivity contribution in [3.05, 3.63) is 0 Å². The lowest BCUT2D eigenvalue weighted by atomic mass is 10.1. The molecule has 2 heterocycles. The number of fused-ring (bicyclic) bond motifs is 2. The minimum Gasteiger partial charge on any atom is -0.371 e. The zero-order valence-electron chi connectivity index (χ0n) is 9.35. The number of hydrogen-bond acceptors (Lipinski definition) is 3. The Kier molecular flexibility index (Phi) is 3.26. The highest BCUT2D eigenvalue weighted by Gasteiger charge is 2.37. The second-order valence-electron chi connectivity index (χ2n) is 4.89. The highest BCUT2D eigenvalue weighted by molar-refractivity contribution is 7.81. The van der Waals surface area contributed by atoms with Crippen LogP contribution in [-0.4, -0.2) is 41.4 Å². The Hall–Kier alpha value is -0.220. The number of carbonyl (C=O) groups excluding carboxylic acids is 1. The highest BCUT2D eigenvalue weighted by atomic mass is 32.1. The van der Waals surface area contributed by atoms with E-state index in [4.69, 9.17) is 4.74 Å². The Morgan fingerprint density at radius 1 is 1.33 bits per heavy atom. The number of rotatable bonds is 2. The lowest BCUT2D eigenvalue weighted by Crippen LogP contribution is -2.49. The summed E-state index contributed by atoms with van der Waals surface area (Å²) in [6.45, 7) is 5.59. The van der Waals surface area contributed by atoms with Gasteiger partial charge in [-0.3, -0.25) is 4.79 Å². The van der Waals surface area contributed by atoms with Gasteiger partial charge in [-0.2, -0.15) is 12.6 Å². The average Bonchev–Trinajstić information content (AvgIpc) is 2.55. The lowest BCUT2D eigenvalue weighted by molar-refractivity contribution is -0.139. The molecule has 0 saturated carbocycles. The van der Waals surface area contributed by atoms with Crippen molar-refractivity contribution in [3.8, 4) is 0 Å². The highest BCUT2D eigenvalue weighted by Crippen LogP contribution is 2.27. The molecule has 15 heavy (non-hydrogen) atoms. The number of hydrogen-bond donors (Lipinski definition) is 1. The second kappa shape index (κ2) is 4.34. The molecule has 2 bridgehead atoms. The van der Waals surface area contributed by atoms with Crippen molar-refractivity contribution in [1.82, 2.24) is 4.90 Å². The third-order valence-corrected chi connectivity index (χ3v) is 4.06. The summed E-state index contributed by atoms with van der Waals surface area (Å²) in [5.41, 5.74) is 0. The van der Waals surface area contributed by atoms with E-state index in [9.17, 15) is 4.79 Å². The Labute approximate surface area is 96.6 Å². The van der Waals surface area contributed by atoms with E-state index in [0.717, 1.165) is 25.9 Å². The van der Waals surface area contributed by atoms with Crippen LogP contribution in [0.2, 0.25) is 0 Å². The summed E-state index contributed by atoms with van der Waals surface area (Å²) >= 11 is 4.38. The summed E-state index contributed by atoms with van der Waals surface area (Å²) in [5.74, 6) is 0.467. The van der Waals surface area contributed by atoms with Crippen LogP contribution < -0.4 is 0 Å². The molecule has 0 aromatic heterocycles. The van der Waals surface area contributed by atoms with Crippen LogP contribution in [-0.2, 0) is 9.53 Å². The molecular formula is C11H19NO2S. The number of ether oxygens (including phenoxy) is 1. The standard InChI is InChI=1S/C11H19NO2S/c1-7(2)10(15)11(13)12-5-8-3-4-9(6-12)14-8/h7-10,15H,3-6H2,1-2H3. The molecule has 2 rings (SSSR count). The first-order valence-electron chi connectivity index (χ1n) is 5.70. The molecule has 0 aliphatic carbocycles. The maximum atomic E-state index is 12.1. The molecule has 2 fully saturated rings. The van der Waals surface area contributed by atoms with Gasteiger partial charge >= 0.3 is 0 Å². The Morgan fingerprint density at radius 3 is 2.33 bits per heavy atom. The summed E-state index contributed by atoms with van der Waals surface area (Å²) in [4.78, 5) is 14.0. The monoisotopic (exact) mass is 229 g/mol. The van der Waals surface area contributed by atoms with Gasteiger partial charge in [-0.15, -0.1) is 0 Å². The minimum absolute atomic E-state index is 0.164. The number of thiol groups is 1. The van der Waals surface area contributed by atoms with Crippen LogP contribution in [0, 0.1) is 5.92 Å². The first-order valence-corrected chi connectivity index (χ1v) is 6.22. The van der Waals surface area contributed by atoms with Gasteiger partial charge in [-0.05, 0) is 18.8 Å². The van der Waals surface area contributed by atoms with Crippen LogP contribution in [0.5, 0.6) is 0 Å². The third kappa shape index (κ3) is 2.31. The molecule has 2 saturated heterocycles.